The summed E-state index contributed by atoms with van der Waals surface area (Å²) in [6.45, 7) is 5.36. The van der Waals surface area contributed by atoms with Gasteiger partial charge in [-0.05, 0) is 26.2 Å². The molecule has 2 atom stereocenters. The van der Waals surface area contributed by atoms with Crippen LogP contribution in [0.1, 0.15) is 65.2 Å². The van der Waals surface area contributed by atoms with Crippen LogP contribution in [0.15, 0.2) is 0 Å². The van der Waals surface area contributed by atoms with Gasteiger partial charge in [0.1, 0.15) is 0 Å². The molecular weight excluding hydrogens is 254 g/mol. The zero-order valence-corrected chi connectivity index (χ0v) is 13.1. The first-order chi connectivity index (χ1) is 9.72. The normalized spacial score (nSPS) is 23.8. The average molecular weight is 285 g/mol. The summed E-state index contributed by atoms with van der Waals surface area (Å²) in [6.07, 6.45) is 8.83. The molecule has 1 rings (SSSR count). The van der Waals surface area contributed by atoms with Gasteiger partial charge in [0.25, 0.3) is 0 Å². The fourth-order valence-electron chi connectivity index (χ4n) is 3.27. The van der Waals surface area contributed by atoms with Crippen LogP contribution in [0.5, 0.6) is 0 Å². The minimum absolute atomic E-state index is 0.102. The maximum absolute atomic E-state index is 11.7. The number of nitrogens with zero attached hydrogens (tertiary/aromatic N) is 1. The second kappa shape index (κ2) is 10.2. The topological polar surface area (TPSA) is 49.8 Å². The summed E-state index contributed by atoms with van der Waals surface area (Å²) in [4.78, 5) is 14.1. The molecule has 1 fully saturated rings. The van der Waals surface area contributed by atoms with E-state index in [0.29, 0.717) is 25.6 Å². The van der Waals surface area contributed by atoms with Crippen molar-refractivity contribution in [3.63, 3.8) is 0 Å². The number of aliphatic hydroxyl groups is 1. The van der Waals surface area contributed by atoms with Gasteiger partial charge in [-0.2, -0.15) is 0 Å². The highest BCUT2D eigenvalue weighted by Crippen LogP contribution is 2.28. The predicted octanol–water partition coefficient (Wildman–Crippen LogP) is 2.74. The van der Waals surface area contributed by atoms with Crippen molar-refractivity contribution in [3.05, 3.63) is 0 Å². The quantitative estimate of drug-likeness (QED) is 0.523. The van der Waals surface area contributed by atoms with Gasteiger partial charge in [0, 0.05) is 18.6 Å². The Morgan fingerprint density at radius 2 is 2.00 bits per heavy atom. The molecule has 0 radical (unpaired) electrons. The molecule has 0 amide bonds. The Bertz CT molecular complexity index is 270. The van der Waals surface area contributed by atoms with Crippen molar-refractivity contribution in [2.45, 2.75) is 77.3 Å². The van der Waals surface area contributed by atoms with Crippen molar-refractivity contribution in [3.8, 4) is 0 Å². The Kier molecular flexibility index (Phi) is 8.86. The third-order valence-electron chi connectivity index (χ3n) is 4.22. The van der Waals surface area contributed by atoms with Crippen molar-refractivity contribution >= 4 is 5.97 Å². The van der Waals surface area contributed by atoms with Gasteiger partial charge in [-0.1, -0.05) is 32.6 Å². The molecular formula is C16H31NO3. The first-order valence-corrected chi connectivity index (χ1v) is 8.25. The highest BCUT2D eigenvalue weighted by Gasteiger charge is 2.31. The van der Waals surface area contributed by atoms with Gasteiger partial charge in [-0.15, -0.1) is 0 Å². The number of hydrogen-bond acceptors (Lipinski definition) is 4. The van der Waals surface area contributed by atoms with Crippen LogP contribution < -0.4 is 0 Å². The van der Waals surface area contributed by atoms with Crippen LogP contribution >= 0.6 is 0 Å². The Morgan fingerprint density at radius 1 is 1.25 bits per heavy atom. The van der Waals surface area contributed by atoms with Gasteiger partial charge in [0.2, 0.25) is 0 Å². The lowest BCUT2D eigenvalue weighted by Crippen LogP contribution is -2.48. The molecule has 0 aromatic carbocycles. The summed E-state index contributed by atoms with van der Waals surface area (Å²) >= 11 is 0. The van der Waals surface area contributed by atoms with Crippen LogP contribution in [0.2, 0.25) is 0 Å². The number of carbonyl (C=O) groups excluding carboxylic acids is 1. The number of hydrogen-bond donors (Lipinski definition) is 1. The molecule has 4 heteroatoms. The third kappa shape index (κ3) is 5.80. The van der Waals surface area contributed by atoms with Crippen molar-refractivity contribution in [1.82, 2.24) is 4.90 Å². The molecule has 0 bridgehead atoms. The Labute approximate surface area is 123 Å². The average Bonchev–Trinajstić information content (AvgIpc) is 2.42. The van der Waals surface area contributed by atoms with Crippen molar-refractivity contribution in [1.29, 1.82) is 0 Å². The van der Waals surface area contributed by atoms with E-state index in [2.05, 4.69) is 11.8 Å². The molecule has 0 spiro atoms. The van der Waals surface area contributed by atoms with Gasteiger partial charge < -0.3 is 9.84 Å². The van der Waals surface area contributed by atoms with Crippen LogP contribution in [0.25, 0.3) is 0 Å². The summed E-state index contributed by atoms with van der Waals surface area (Å²) in [6, 6.07) is 0.781. The first kappa shape index (κ1) is 17.4. The van der Waals surface area contributed by atoms with E-state index in [1.807, 2.05) is 6.92 Å². The Morgan fingerprint density at radius 3 is 2.65 bits per heavy atom. The summed E-state index contributed by atoms with van der Waals surface area (Å²) in [5, 5.41) is 9.31. The lowest BCUT2D eigenvalue weighted by Gasteiger charge is -2.42. The molecule has 0 saturated carbocycles. The molecule has 1 saturated heterocycles. The second-order valence-corrected chi connectivity index (χ2v) is 5.70. The maximum atomic E-state index is 11.7. The smallest absolute Gasteiger partial charge is 0.307 e. The predicted molar refractivity (Wildman–Crippen MR) is 80.6 cm³/mol. The van der Waals surface area contributed by atoms with Gasteiger partial charge in [0.05, 0.1) is 19.6 Å². The SMILES string of the molecule is CCCCC[C@@H]1CCC[C@H](CC(=O)OCC)N1CCO. The fraction of sp³-hybridized carbons (Fsp3) is 0.938. The minimum Gasteiger partial charge on any atom is -0.466 e. The second-order valence-electron chi connectivity index (χ2n) is 5.70. The summed E-state index contributed by atoms with van der Waals surface area (Å²) < 4.78 is 5.08. The van der Waals surface area contributed by atoms with Gasteiger partial charge >= 0.3 is 5.97 Å². The molecule has 1 aliphatic heterocycles. The van der Waals surface area contributed by atoms with E-state index in [0.717, 1.165) is 6.42 Å². The van der Waals surface area contributed by atoms with Gasteiger partial charge in [-0.25, -0.2) is 0 Å². The first-order valence-electron chi connectivity index (χ1n) is 8.25. The monoisotopic (exact) mass is 285 g/mol. The van der Waals surface area contributed by atoms with Crippen LogP contribution in [-0.4, -0.2) is 47.8 Å². The van der Waals surface area contributed by atoms with E-state index in [9.17, 15) is 9.90 Å². The largest absolute Gasteiger partial charge is 0.466 e. The summed E-state index contributed by atoms with van der Waals surface area (Å²) in [7, 11) is 0. The van der Waals surface area contributed by atoms with Crippen molar-refractivity contribution in [2.24, 2.45) is 0 Å². The van der Waals surface area contributed by atoms with Crippen LogP contribution in [0, 0.1) is 0 Å². The molecule has 0 unspecified atom stereocenters. The summed E-state index contributed by atoms with van der Waals surface area (Å²) in [5.74, 6) is -0.102. The number of piperidine rings is 1. The molecule has 0 aliphatic carbocycles. The number of unbranched alkanes of at least 4 members (excludes halogenated alkanes) is 2. The zero-order chi connectivity index (χ0) is 14.8. The van der Waals surface area contributed by atoms with E-state index in [1.54, 1.807) is 0 Å². The molecule has 1 N–H and O–H groups in total. The number of esters is 1. The number of likely N-dealkylation sites (tertiary alicyclic amines) is 1. The standard InChI is InChI=1S/C16H31NO3/c1-3-5-6-8-14-9-7-10-15(17(14)11-12-18)13-16(19)20-4-2/h14-15,18H,3-13H2,1-2H3/t14-,15-/m1/s1. The Hall–Kier alpha value is -0.610. The van der Waals surface area contributed by atoms with Crippen LogP contribution in [0.4, 0.5) is 0 Å². The molecule has 1 aliphatic rings. The minimum atomic E-state index is -0.102. The number of β-amino-alcohol motifs (C(OH)–C–C–N with tert-alkyl or cyclic N) is 1. The van der Waals surface area contributed by atoms with E-state index in [4.69, 9.17) is 4.74 Å². The van der Waals surface area contributed by atoms with Crippen LogP contribution in [-0.2, 0) is 9.53 Å². The zero-order valence-electron chi connectivity index (χ0n) is 13.1. The number of aliphatic hydroxyl groups excluding tert-OH is 1. The highest BCUT2D eigenvalue weighted by atomic mass is 16.5. The van der Waals surface area contributed by atoms with E-state index < -0.39 is 0 Å². The molecule has 4 nitrogen and oxygen atoms in total. The number of ether oxygens (including phenoxy) is 1. The lowest BCUT2D eigenvalue weighted by molar-refractivity contribution is -0.145. The van der Waals surface area contributed by atoms with Gasteiger partial charge in [-0.3, -0.25) is 9.69 Å². The van der Waals surface area contributed by atoms with E-state index in [1.165, 1.54) is 38.5 Å². The summed E-state index contributed by atoms with van der Waals surface area (Å²) in [5.41, 5.74) is 0. The van der Waals surface area contributed by atoms with Gasteiger partial charge in [0.15, 0.2) is 0 Å². The van der Waals surface area contributed by atoms with E-state index >= 15 is 0 Å². The van der Waals surface area contributed by atoms with Crippen molar-refractivity contribution in [2.75, 3.05) is 19.8 Å². The molecule has 20 heavy (non-hydrogen) atoms. The molecule has 1 heterocycles. The van der Waals surface area contributed by atoms with Crippen LogP contribution in [0.3, 0.4) is 0 Å². The number of carbonyl (C=O) groups is 1. The molecule has 0 aromatic heterocycles. The fourth-order valence-corrected chi connectivity index (χ4v) is 3.27. The number of rotatable bonds is 9. The lowest BCUT2D eigenvalue weighted by atomic mass is 9.90. The maximum Gasteiger partial charge on any atom is 0.307 e. The highest BCUT2D eigenvalue weighted by molar-refractivity contribution is 5.70. The third-order valence-corrected chi connectivity index (χ3v) is 4.22. The Balaban J connectivity index is 2.54. The van der Waals surface area contributed by atoms with Crippen molar-refractivity contribution < 1.29 is 14.6 Å². The van der Waals surface area contributed by atoms with E-state index in [-0.39, 0.29) is 18.6 Å². The molecule has 118 valence electrons. The molecule has 0 aromatic rings.